The van der Waals surface area contributed by atoms with Gasteiger partial charge in [-0.15, -0.1) is 0 Å². The minimum Gasteiger partial charge on any atom is -0.487 e. The minimum atomic E-state index is -0.370. The maximum atomic E-state index is 12.7. The molecular weight excluding hydrogens is 247 g/mol. The van der Waals surface area contributed by atoms with Gasteiger partial charge in [0, 0.05) is 12.1 Å². The van der Waals surface area contributed by atoms with Crippen molar-refractivity contribution in [3.05, 3.63) is 59.2 Å². The predicted molar refractivity (Wildman–Crippen MR) is 66.1 cm³/mol. The average molecular weight is 258 g/mol. The Morgan fingerprint density at radius 1 is 1.32 bits per heavy atom. The standard InChI is InChI=1S/C14H11FN2O2/c15-10-1-2-11(16-7-10)8-19-12-3-4-13-9(5-12)6-17-14(13)18/h1-5,7H,6,8H2,(H,17,18). The Morgan fingerprint density at radius 3 is 3.00 bits per heavy atom. The topological polar surface area (TPSA) is 51.2 Å². The largest absolute Gasteiger partial charge is 0.487 e. The maximum Gasteiger partial charge on any atom is 0.251 e. The van der Waals surface area contributed by atoms with E-state index in [-0.39, 0.29) is 18.3 Å². The lowest BCUT2D eigenvalue weighted by Crippen LogP contribution is -2.12. The molecule has 0 unspecified atom stereocenters. The molecular formula is C14H11FN2O2. The number of ether oxygens (including phenoxy) is 1. The number of fused-ring (bicyclic) bond motifs is 1. The highest BCUT2D eigenvalue weighted by Crippen LogP contribution is 2.22. The number of aromatic nitrogens is 1. The van der Waals surface area contributed by atoms with Gasteiger partial charge >= 0.3 is 0 Å². The number of rotatable bonds is 3. The molecule has 1 aliphatic rings. The van der Waals surface area contributed by atoms with E-state index in [1.807, 2.05) is 6.07 Å². The Labute approximate surface area is 109 Å². The summed E-state index contributed by atoms with van der Waals surface area (Å²) in [6, 6.07) is 8.24. The van der Waals surface area contributed by atoms with Crippen molar-refractivity contribution in [3.63, 3.8) is 0 Å². The van der Waals surface area contributed by atoms with Crippen LogP contribution in [0.25, 0.3) is 0 Å². The minimum absolute atomic E-state index is 0.0539. The molecule has 0 radical (unpaired) electrons. The smallest absolute Gasteiger partial charge is 0.251 e. The molecule has 0 saturated heterocycles. The van der Waals surface area contributed by atoms with Crippen LogP contribution in [-0.2, 0) is 13.2 Å². The molecule has 0 bridgehead atoms. The predicted octanol–water partition coefficient (Wildman–Crippen LogP) is 2.04. The molecule has 0 atom stereocenters. The second-order valence-electron chi connectivity index (χ2n) is 4.26. The first-order valence-electron chi connectivity index (χ1n) is 5.87. The van der Waals surface area contributed by atoms with Crippen LogP contribution in [0.2, 0.25) is 0 Å². The number of nitrogens with one attached hydrogen (secondary N) is 1. The average Bonchev–Trinajstić information content (AvgIpc) is 2.79. The fourth-order valence-corrected chi connectivity index (χ4v) is 1.95. The zero-order valence-corrected chi connectivity index (χ0v) is 10.0. The second-order valence-corrected chi connectivity index (χ2v) is 4.26. The molecule has 1 aliphatic heterocycles. The highest BCUT2D eigenvalue weighted by atomic mass is 19.1. The summed E-state index contributed by atoms with van der Waals surface area (Å²) in [6.45, 7) is 0.792. The van der Waals surface area contributed by atoms with Crippen molar-refractivity contribution in [3.8, 4) is 5.75 Å². The Hall–Kier alpha value is -2.43. The molecule has 19 heavy (non-hydrogen) atoms. The first-order valence-corrected chi connectivity index (χ1v) is 5.87. The Balaban J connectivity index is 1.71. The summed E-state index contributed by atoms with van der Waals surface area (Å²) in [7, 11) is 0. The summed E-state index contributed by atoms with van der Waals surface area (Å²) in [5, 5.41) is 2.74. The molecule has 0 fully saturated rings. The van der Waals surface area contributed by atoms with E-state index in [4.69, 9.17) is 4.74 Å². The van der Waals surface area contributed by atoms with Gasteiger partial charge in [-0.25, -0.2) is 4.39 Å². The van der Waals surface area contributed by atoms with E-state index in [1.54, 1.807) is 18.2 Å². The van der Waals surface area contributed by atoms with Gasteiger partial charge in [-0.3, -0.25) is 9.78 Å². The van der Waals surface area contributed by atoms with Crippen LogP contribution in [0.3, 0.4) is 0 Å². The van der Waals surface area contributed by atoms with E-state index in [9.17, 15) is 9.18 Å². The van der Waals surface area contributed by atoms with Crippen LogP contribution >= 0.6 is 0 Å². The summed E-state index contributed by atoms with van der Waals surface area (Å²) >= 11 is 0. The van der Waals surface area contributed by atoms with Crippen LogP contribution in [-0.4, -0.2) is 10.9 Å². The molecule has 3 rings (SSSR count). The van der Waals surface area contributed by atoms with Crippen molar-refractivity contribution in [1.82, 2.24) is 10.3 Å². The first-order chi connectivity index (χ1) is 9.22. The van der Waals surface area contributed by atoms with Crippen molar-refractivity contribution in [2.75, 3.05) is 0 Å². The normalized spacial score (nSPS) is 13.0. The number of carbonyl (C=O) groups is 1. The number of hydrogen-bond acceptors (Lipinski definition) is 3. The molecule has 4 nitrogen and oxygen atoms in total. The molecule has 2 heterocycles. The van der Waals surface area contributed by atoms with E-state index >= 15 is 0 Å². The number of amides is 1. The Kier molecular flexibility index (Phi) is 2.87. The number of hydrogen-bond donors (Lipinski definition) is 1. The fourth-order valence-electron chi connectivity index (χ4n) is 1.95. The van der Waals surface area contributed by atoms with Gasteiger partial charge < -0.3 is 10.1 Å². The summed E-state index contributed by atoms with van der Waals surface area (Å²) < 4.78 is 18.3. The van der Waals surface area contributed by atoms with Gasteiger partial charge in [-0.1, -0.05) is 0 Å². The van der Waals surface area contributed by atoms with Crippen LogP contribution in [0, 0.1) is 5.82 Å². The van der Waals surface area contributed by atoms with E-state index in [1.165, 1.54) is 6.07 Å². The van der Waals surface area contributed by atoms with E-state index in [0.717, 1.165) is 11.8 Å². The van der Waals surface area contributed by atoms with Gasteiger partial charge in [0.1, 0.15) is 18.2 Å². The molecule has 1 amide bonds. The van der Waals surface area contributed by atoms with Gasteiger partial charge in [0.15, 0.2) is 0 Å². The summed E-state index contributed by atoms with van der Waals surface area (Å²) in [5.74, 6) is 0.244. The lowest BCUT2D eigenvalue weighted by Gasteiger charge is -2.06. The summed E-state index contributed by atoms with van der Waals surface area (Å²) in [4.78, 5) is 15.3. The van der Waals surface area contributed by atoms with Crippen molar-refractivity contribution in [2.24, 2.45) is 0 Å². The van der Waals surface area contributed by atoms with Crippen molar-refractivity contribution < 1.29 is 13.9 Å². The zero-order chi connectivity index (χ0) is 13.2. The SMILES string of the molecule is O=C1NCc2cc(OCc3ccc(F)cn3)ccc21. The summed E-state index contributed by atoms with van der Waals surface area (Å²) in [6.07, 6.45) is 1.16. The third-order valence-electron chi connectivity index (χ3n) is 2.94. The number of pyridine rings is 1. The fraction of sp³-hybridized carbons (Fsp3) is 0.143. The van der Waals surface area contributed by atoms with Gasteiger partial charge in [-0.2, -0.15) is 0 Å². The molecule has 1 aromatic carbocycles. The van der Waals surface area contributed by atoms with Gasteiger partial charge in [0.05, 0.1) is 11.9 Å². The molecule has 5 heteroatoms. The lowest BCUT2D eigenvalue weighted by atomic mass is 10.1. The van der Waals surface area contributed by atoms with Crippen LogP contribution < -0.4 is 10.1 Å². The van der Waals surface area contributed by atoms with Gasteiger partial charge in [-0.05, 0) is 35.9 Å². The first kappa shape index (κ1) is 11.6. The highest BCUT2D eigenvalue weighted by molar-refractivity contribution is 5.98. The molecule has 1 aromatic heterocycles. The molecule has 1 N–H and O–H groups in total. The third-order valence-corrected chi connectivity index (χ3v) is 2.94. The monoisotopic (exact) mass is 258 g/mol. The molecule has 2 aromatic rings. The Morgan fingerprint density at radius 2 is 2.21 bits per heavy atom. The molecule has 96 valence electrons. The third kappa shape index (κ3) is 2.40. The van der Waals surface area contributed by atoms with E-state index in [2.05, 4.69) is 10.3 Å². The zero-order valence-electron chi connectivity index (χ0n) is 10.0. The Bertz CT molecular complexity index is 626. The lowest BCUT2D eigenvalue weighted by molar-refractivity contribution is 0.0966. The molecule has 0 spiro atoms. The van der Waals surface area contributed by atoms with Crippen molar-refractivity contribution in [1.29, 1.82) is 0 Å². The van der Waals surface area contributed by atoms with Crippen LogP contribution in [0.5, 0.6) is 5.75 Å². The van der Waals surface area contributed by atoms with E-state index in [0.29, 0.717) is 23.6 Å². The number of halogens is 1. The van der Waals surface area contributed by atoms with Crippen molar-refractivity contribution >= 4 is 5.91 Å². The highest BCUT2D eigenvalue weighted by Gasteiger charge is 2.18. The van der Waals surface area contributed by atoms with E-state index < -0.39 is 0 Å². The molecule has 0 saturated carbocycles. The van der Waals surface area contributed by atoms with Crippen molar-refractivity contribution in [2.45, 2.75) is 13.2 Å². The number of benzene rings is 1. The quantitative estimate of drug-likeness (QED) is 0.916. The van der Waals surface area contributed by atoms with Gasteiger partial charge in [0.25, 0.3) is 5.91 Å². The summed E-state index contributed by atoms with van der Waals surface area (Å²) in [5.41, 5.74) is 2.26. The van der Waals surface area contributed by atoms with Crippen LogP contribution in [0.4, 0.5) is 4.39 Å². The number of nitrogens with zero attached hydrogens (tertiary/aromatic N) is 1. The second kappa shape index (κ2) is 4.68. The maximum absolute atomic E-state index is 12.7. The van der Waals surface area contributed by atoms with Gasteiger partial charge in [0.2, 0.25) is 0 Å². The van der Waals surface area contributed by atoms with Crippen LogP contribution in [0.1, 0.15) is 21.6 Å². The number of carbonyl (C=O) groups excluding carboxylic acids is 1. The van der Waals surface area contributed by atoms with Crippen LogP contribution in [0.15, 0.2) is 36.5 Å². The molecule has 0 aliphatic carbocycles.